The van der Waals surface area contributed by atoms with Crippen LogP contribution < -0.4 is 0 Å². The molecular formula is C15H24N2OS. The van der Waals surface area contributed by atoms with Crippen molar-refractivity contribution in [1.29, 1.82) is 0 Å². The topological polar surface area (TPSA) is 36.4 Å². The molecule has 0 saturated heterocycles. The van der Waals surface area contributed by atoms with E-state index >= 15 is 0 Å². The highest BCUT2D eigenvalue weighted by molar-refractivity contribution is 7.09. The second-order valence-electron chi connectivity index (χ2n) is 6.26. The Labute approximate surface area is 119 Å². The Morgan fingerprint density at radius 1 is 1.32 bits per heavy atom. The molecule has 2 aliphatic carbocycles. The maximum Gasteiger partial charge on any atom is 0.0959 e. The highest BCUT2D eigenvalue weighted by Crippen LogP contribution is 2.41. The van der Waals surface area contributed by atoms with E-state index in [1.54, 1.807) is 0 Å². The van der Waals surface area contributed by atoms with Crippen LogP contribution in [0.3, 0.4) is 0 Å². The summed E-state index contributed by atoms with van der Waals surface area (Å²) in [6.07, 6.45) is 7.20. The molecule has 106 valence electrons. The van der Waals surface area contributed by atoms with Gasteiger partial charge in [0.25, 0.3) is 0 Å². The summed E-state index contributed by atoms with van der Waals surface area (Å²) in [7, 11) is 2.15. The first kappa shape index (κ1) is 13.5. The van der Waals surface area contributed by atoms with Gasteiger partial charge in [-0.05, 0) is 38.6 Å². The molecule has 1 N–H and O–H groups in total. The molecule has 0 radical (unpaired) electrons. The fourth-order valence-electron chi connectivity index (χ4n) is 3.06. The van der Waals surface area contributed by atoms with Crippen molar-refractivity contribution >= 4 is 11.3 Å². The smallest absolute Gasteiger partial charge is 0.0959 e. The summed E-state index contributed by atoms with van der Waals surface area (Å²) in [5.74, 6) is 1.23. The van der Waals surface area contributed by atoms with Crippen molar-refractivity contribution in [2.45, 2.75) is 57.1 Å². The average molecular weight is 280 g/mol. The Morgan fingerprint density at radius 3 is 2.84 bits per heavy atom. The summed E-state index contributed by atoms with van der Waals surface area (Å²) in [4.78, 5) is 7.06. The molecule has 2 saturated carbocycles. The zero-order chi connectivity index (χ0) is 13.2. The van der Waals surface area contributed by atoms with Gasteiger partial charge in [0.05, 0.1) is 16.8 Å². The van der Waals surface area contributed by atoms with Gasteiger partial charge >= 0.3 is 0 Å². The van der Waals surface area contributed by atoms with E-state index in [4.69, 9.17) is 4.98 Å². The third-order valence-electron chi connectivity index (χ3n) is 4.34. The van der Waals surface area contributed by atoms with Crippen molar-refractivity contribution in [3.05, 3.63) is 16.1 Å². The first-order chi connectivity index (χ1) is 9.22. The number of rotatable bonds is 5. The zero-order valence-electron chi connectivity index (χ0n) is 11.7. The Balaban J connectivity index is 1.50. The van der Waals surface area contributed by atoms with E-state index in [1.807, 2.05) is 11.3 Å². The molecule has 1 aromatic rings. The minimum Gasteiger partial charge on any atom is -0.393 e. The monoisotopic (exact) mass is 280 g/mol. The molecule has 19 heavy (non-hydrogen) atoms. The van der Waals surface area contributed by atoms with Crippen LogP contribution in [0.4, 0.5) is 0 Å². The lowest BCUT2D eigenvalue weighted by Gasteiger charge is -2.30. The van der Waals surface area contributed by atoms with Gasteiger partial charge in [-0.25, -0.2) is 4.98 Å². The largest absolute Gasteiger partial charge is 0.393 e. The van der Waals surface area contributed by atoms with E-state index in [1.165, 1.54) is 42.8 Å². The van der Waals surface area contributed by atoms with Crippen molar-refractivity contribution in [3.63, 3.8) is 0 Å². The first-order valence-electron chi connectivity index (χ1n) is 7.53. The molecule has 0 aromatic carbocycles. The van der Waals surface area contributed by atoms with Crippen LogP contribution in [0.15, 0.2) is 5.38 Å². The summed E-state index contributed by atoms with van der Waals surface area (Å²) in [6.45, 7) is 1.92. The minimum atomic E-state index is -0.0892. The standard InChI is InChI=1S/C15H24N2OS/c1-17(8-12-4-2-3-5-14(12)18)9-13-10-19-15(16-13)11-6-7-11/h10-12,14,18H,2-9H2,1H3. The summed E-state index contributed by atoms with van der Waals surface area (Å²) in [5, 5.41) is 13.6. The van der Waals surface area contributed by atoms with Crippen molar-refractivity contribution in [2.24, 2.45) is 5.92 Å². The van der Waals surface area contributed by atoms with Crippen LogP contribution >= 0.6 is 11.3 Å². The van der Waals surface area contributed by atoms with Gasteiger partial charge in [-0.15, -0.1) is 11.3 Å². The maximum absolute atomic E-state index is 10.0. The highest BCUT2D eigenvalue weighted by atomic mass is 32.1. The molecular weight excluding hydrogens is 256 g/mol. The average Bonchev–Trinajstić information content (AvgIpc) is 3.14. The van der Waals surface area contributed by atoms with E-state index < -0.39 is 0 Å². The van der Waals surface area contributed by atoms with Gasteiger partial charge in [0, 0.05) is 24.4 Å². The fourth-order valence-corrected chi connectivity index (χ4v) is 4.04. The Morgan fingerprint density at radius 2 is 2.11 bits per heavy atom. The van der Waals surface area contributed by atoms with E-state index in [0.717, 1.165) is 25.4 Å². The number of aliphatic hydroxyl groups is 1. The quantitative estimate of drug-likeness (QED) is 0.900. The molecule has 2 aliphatic rings. The van der Waals surface area contributed by atoms with Crippen LogP contribution in [0.25, 0.3) is 0 Å². The molecule has 3 rings (SSSR count). The molecule has 2 fully saturated rings. The number of hydrogen-bond donors (Lipinski definition) is 1. The number of hydrogen-bond acceptors (Lipinski definition) is 4. The van der Waals surface area contributed by atoms with Gasteiger partial charge in [-0.3, -0.25) is 0 Å². The van der Waals surface area contributed by atoms with E-state index in [0.29, 0.717) is 5.92 Å². The van der Waals surface area contributed by atoms with Crippen LogP contribution in [0.1, 0.15) is 55.1 Å². The molecule has 3 nitrogen and oxygen atoms in total. The van der Waals surface area contributed by atoms with Crippen molar-refractivity contribution in [3.8, 4) is 0 Å². The normalized spacial score (nSPS) is 27.9. The molecule has 0 bridgehead atoms. The molecule has 1 heterocycles. The summed E-state index contributed by atoms with van der Waals surface area (Å²) >= 11 is 1.82. The van der Waals surface area contributed by atoms with Gasteiger partial charge in [0.1, 0.15) is 0 Å². The lowest BCUT2D eigenvalue weighted by Crippen LogP contribution is -2.34. The summed E-state index contributed by atoms with van der Waals surface area (Å²) < 4.78 is 0. The van der Waals surface area contributed by atoms with E-state index in [2.05, 4.69) is 17.3 Å². The zero-order valence-corrected chi connectivity index (χ0v) is 12.5. The van der Waals surface area contributed by atoms with Crippen LogP contribution in [-0.4, -0.2) is 34.7 Å². The second-order valence-corrected chi connectivity index (χ2v) is 7.15. The van der Waals surface area contributed by atoms with E-state index in [-0.39, 0.29) is 6.10 Å². The SMILES string of the molecule is CN(Cc1csc(C2CC2)n1)CC1CCCCC1O. The lowest BCUT2D eigenvalue weighted by atomic mass is 9.86. The molecule has 0 amide bonds. The lowest BCUT2D eigenvalue weighted by molar-refractivity contribution is 0.0500. The summed E-state index contributed by atoms with van der Waals surface area (Å²) in [6, 6.07) is 0. The van der Waals surface area contributed by atoms with Crippen molar-refractivity contribution in [1.82, 2.24) is 9.88 Å². The number of thiazole rings is 1. The van der Waals surface area contributed by atoms with Crippen LogP contribution in [0.2, 0.25) is 0 Å². The van der Waals surface area contributed by atoms with Gasteiger partial charge in [-0.2, -0.15) is 0 Å². The third kappa shape index (κ3) is 3.56. The van der Waals surface area contributed by atoms with Crippen molar-refractivity contribution < 1.29 is 5.11 Å². The fraction of sp³-hybridized carbons (Fsp3) is 0.800. The first-order valence-corrected chi connectivity index (χ1v) is 8.41. The Bertz CT molecular complexity index is 416. The van der Waals surface area contributed by atoms with Crippen LogP contribution in [-0.2, 0) is 6.54 Å². The van der Waals surface area contributed by atoms with E-state index in [9.17, 15) is 5.11 Å². The van der Waals surface area contributed by atoms with Crippen molar-refractivity contribution in [2.75, 3.05) is 13.6 Å². The molecule has 1 aromatic heterocycles. The van der Waals surface area contributed by atoms with Gasteiger partial charge in [0.2, 0.25) is 0 Å². The van der Waals surface area contributed by atoms with Gasteiger partial charge in [-0.1, -0.05) is 12.8 Å². The molecule has 4 heteroatoms. The van der Waals surface area contributed by atoms with Crippen LogP contribution in [0.5, 0.6) is 0 Å². The van der Waals surface area contributed by atoms with Crippen LogP contribution in [0, 0.1) is 5.92 Å². The molecule has 0 spiro atoms. The van der Waals surface area contributed by atoms with Gasteiger partial charge in [0.15, 0.2) is 0 Å². The second kappa shape index (κ2) is 5.90. The number of aromatic nitrogens is 1. The number of nitrogens with zero attached hydrogens (tertiary/aromatic N) is 2. The van der Waals surface area contributed by atoms with Gasteiger partial charge < -0.3 is 10.0 Å². The third-order valence-corrected chi connectivity index (χ3v) is 5.40. The molecule has 2 atom stereocenters. The molecule has 0 aliphatic heterocycles. The molecule has 2 unspecified atom stereocenters. The maximum atomic E-state index is 10.0. The minimum absolute atomic E-state index is 0.0892. The predicted molar refractivity (Wildman–Crippen MR) is 78.4 cm³/mol. The highest BCUT2D eigenvalue weighted by Gasteiger charge is 2.27. The summed E-state index contributed by atoms with van der Waals surface area (Å²) in [5.41, 5.74) is 1.21. The number of aliphatic hydroxyl groups excluding tert-OH is 1. The predicted octanol–water partition coefficient (Wildman–Crippen LogP) is 3.00. The Hall–Kier alpha value is -0.450. The Kier molecular flexibility index (Phi) is 4.20.